The molecule has 0 spiro atoms. The molecule has 0 radical (unpaired) electrons. The van der Waals surface area contributed by atoms with Crippen LogP contribution in [-0.4, -0.2) is 28.6 Å². The maximum Gasteiger partial charge on any atom is 0.326 e. The first-order valence-electron chi connectivity index (χ1n) is 6.30. The van der Waals surface area contributed by atoms with E-state index in [4.69, 9.17) is 10.5 Å². The summed E-state index contributed by atoms with van der Waals surface area (Å²) in [6, 6.07) is 9.21. The van der Waals surface area contributed by atoms with Crippen molar-refractivity contribution in [2.45, 2.75) is 18.4 Å². The summed E-state index contributed by atoms with van der Waals surface area (Å²) in [6.45, 7) is 0. The minimum absolute atomic E-state index is 0.322. The summed E-state index contributed by atoms with van der Waals surface area (Å²) in [5, 5.41) is 0. The lowest BCUT2D eigenvalue weighted by Gasteiger charge is -2.26. The molecule has 20 heavy (non-hydrogen) atoms. The molecule has 2 aromatic heterocycles. The van der Waals surface area contributed by atoms with Crippen LogP contribution in [0.25, 0.3) is 0 Å². The summed E-state index contributed by atoms with van der Waals surface area (Å²) in [7, 11) is 1.34. The monoisotopic (exact) mass is 271 g/mol. The van der Waals surface area contributed by atoms with Gasteiger partial charge in [0.1, 0.15) is 5.54 Å². The van der Waals surface area contributed by atoms with Crippen molar-refractivity contribution in [2.24, 2.45) is 5.73 Å². The van der Waals surface area contributed by atoms with E-state index < -0.39 is 11.5 Å². The first kappa shape index (κ1) is 14.1. The van der Waals surface area contributed by atoms with Crippen LogP contribution in [-0.2, 0) is 22.4 Å². The van der Waals surface area contributed by atoms with Gasteiger partial charge in [-0.05, 0) is 29.8 Å². The van der Waals surface area contributed by atoms with Crippen molar-refractivity contribution in [2.75, 3.05) is 7.11 Å². The van der Waals surface area contributed by atoms with Crippen molar-refractivity contribution in [3.63, 3.8) is 0 Å². The number of aromatic nitrogens is 2. The number of hydrogen-bond donors (Lipinski definition) is 1. The molecule has 104 valence electrons. The summed E-state index contributed by atoms with van der Waals surface area (Å²) in [5.74, 6) is -0.444. The Balaban J connectivity index is 2.24. The molecule has 0 amide bonds. The lowest BCUT2D eigenvalue weighted by atomic mass is 9.87. The average Bonchev–Trinajstić information content (AvgIpc) is 2.48. The zero-order valence-electron chi connectivity index (χ0n) is 11.3. The van der Waals surface area contributed by atoms with Gasteiger partial charge in [-0.15, -0.1) is 0 Å². The fourth-order valence-corrected chi connectivity index (χ4v) is 2.10. The van der Waals surface area contributed by atoms with Crippen molar-refractivity contribution in [3.8, 4) is 0 Å². The van der Waals surface area contributed by atoms with Crippen LogP contribution in [0.2, 0.25) is 0 Å². The highest BCUT2D eigenvalue weighted by molar-refractivity contribution is 5.81. The first-order valence-corrected chi connectivity index (χ1v) is 6.30. The van der Waals surface area contributed by atoms with Crippen molar-refractivity contribution in [3.05, 3.63) is 60.2 Å². The summed E-state index contributed by atoms with van der Waals surface area (Å²) >= 11 is 0. The van der Waals surface area contributed by atoms with Crippen LogP contribution in [0, 0.1) is 0 Å². The summed E-state index contributed by atoms with van der Waals surface area (Å²) in [4.78, 5) is 20.2. The Morgan fingerprint density at radius 2 is 1.95 bits per heavy atom. The fraction of sp³-hybridized carbons (Fsp3) is 0.267. The van der Waals surface area contributed by atoms with Gasteiger partial charge in [-0.1, -0.05) is 6.07 Å². The van der Waals surface area contributed by atoms with Crippen LogP contribution in [0.15, 0.2) is 48.9 Å². The molecule has 5 nitrogen and oxygen atoms in total. The minimum atomic E-state index is -1.13. The normalized spacial score (nSPS) is 13.5. The molecule has 1 unspecified atom stereocenters. The topological polar surface area (TPSA) is 78.1 Å². The van der Waals surface area contributed by atoms with Crippen LogP contribution in [0.4, 0.5) is 0 Å². The van der Waals surface area contributed by atoms with E-state index in [1.807, 2.05) is 30.3 Å². The highest BCUT2D eigenvalue weighted by Gasteiger charge is 2.36. The Morgan fingerprint density at radius 3 is 2.55 bits per heavy atom. The highest BCUT2D eigenvalue weighted by Crippen LogP contribution is 2.17. The van der Waals surface area contributed by atoms with E-state index in [-0.39, 0.29) is 0 Å². The van der Waals surface area contributed by atoms with Crippen LogP contribution >= 0.6 is 0 Å². The second-order valence-electron chi connectivity index (χ2n) is 4.68. The lowest BCUT2D eigenvalue weighted by Crippen LogP contribution is -2.52. The molecule has 0 aromatic carbocycles. The van der Waals surface area contributed by atoms with E-state index >= 15 is 0 Å². The van der Waals surface area contributed by atoms with Crippen molar-refractivity contribution < 1.29 is 9.53 Å². The van der Waals surface area contributed by atoms with E-state index in [0.717, 1.165) is 11.3 Å². The molecule has 2 heterocycles. The van der Waals surface area contributed by atoms with Gasteiger partial charge in [0, 0.05) is 37.1 Å². The van der Waals surface area contributed by atoms with Gasteiger partial charge in [0.15, 0.2) is 0 Å². The summed E-state index contributed by atoms with van der Waals surface area (Å²) in [6.07, 6.45) is 5.72. The van der Waals surface area contributed by atoms with Crippen molar-refractivity contribution >= 4 is 5.97 Å². The largest absolute Gasteiger partial charge is 0.468 e. The highest BCUT2D eigenvalue weighted by atomic mass is 16.5. The zero-order chi connectivity index (χ0) is 14.4. The minimum Gasteiger partial charge on any atom is -0.468 e. The number of methoxy groups -OCH3 is 1. The fourth-order valence-electron chi connectivity index (χ4n) is 2.10. The molecule has 2 aromatic rings. The number of pyridine rings is 2. The predicted octanol–water partition coefficient (Wildman–Crippen LogP) is 1.13. The molecule has 0 aliphatic carbocycles. The van der Waals surface area contributed by atoms with E-state index in [1.54, 1.807) is 18.6 Å². The van der Waals surface area contributed by atoms with E-state index in [0.29, 0.717) is 12.8 Å². The number of hydrogen-bond acceptors (Lipinski definition) is 5. The Bertz CT molecular complexity index is 516. The molecule has 0 saturated carbocycles. The number of carbonyl (C=O) groups excluding carboxylic acids is 1. The van der Waals surface area contributed by atoms with Gasteiger partial charge in [0.2, 0.25) is 0 Å². The molecular weight excluding hydrogens is 254 g/mol. The smallest absolute Gasteiger partial charge is 0.326 e. The molecule has 0 saturated heterocycles. The molecule has 5 heteroatoms. The van der Waals surface area contributed by atoms with Crippen LogP contribution in [0.1, 0.15) is 11.3 Å². The number of ether oxygens (including phenoxy) is 1. The molecule has 0 fully saturated rings. The molecule has 0 aliphatic rings. The van der Waals surface area contributed by atoms with Gasteiger partial charge in [-0.3, -0.25) is 14.8 Å². The van der Waals surface area contributed by atoms with Gasteiger partial charge in [0.25, 0.3) is 0 Å². The Hall–Kier alpha value is -2.27. The Morgan fingerprint density at radius 1 is 1.20 bits per heavy atom. The average molecular weight is 271 g/mol. The van der Waals surface area contributed by atoms with Gasteiger partial charge < -0.3 is 10.5 Å². The molecule has 2 N–H and O–H groups in total. The molecule has 0 aliphatic heterocycles. The Labute approximate surface area is 117 Å². The molecule has 1 atom stereocenters. The molecular formula is C15H17N3O2. The zero-order valence-corrected chi connectivity index (χ0v) is 11.3. The maximum atomic E-state index is 12.1. The number of rotatable bonds is 5. The first-order chi connectivity index (χ1) is 9.64. The second-order valence-corrected chi connectivity index (χ2v) is 4.68. The van der Waals surface area contributed by atoms with Crippen molar-refractivity contribution in [1.29, 1.82) is 0 Å². The number of carbonyl (C=O) groups is 1. The number of nitrogens with zero attached hydrogens (tertiary/aromatic N) is 2. The third kappa shape index (κ3) is 3.39. The van der Waals surface area contributed by atoms with Crippen LogP contribution < -0.4 is 5.73 Å². The van der Waals surface area contributed by atoms with E-state index in [2.05, 4.69) is 9.97 Å². The van der Waals surface area contributed by atoms with Crippen molar-refractivity contribution in [1.82, 2.24) is 9.97 Å². The van der Waals surface area contributed by atoms with Crippen LogP contribution in [0.3, 0.4) is 0 Å². The number of esters is 1. The van der Waals surface area contributed by atoms with Gasteiger partial charge >= 0.3 is 5.97 Å². The van der Waals surface area contributed by atoms with Gasteiger partial charge in [-0.2, -0.15) is 0 Å². The van der Waals surface area contributed by atoms with Crippen LogP contribution in [0.5, 0.6) is 0 Å². The quantitative estimate of drug-likeness (QED) is 0.825. The standard InChI is InChI=1S/C15H17N3O2/c1-20-14(19)15(16,10-12-5-8-17-9-6-12)11-13-4-2-3-7-18-13/h2-9H,10-11,16H2,1H3. The summed E-state index contributed by atoms with van der Waals surface area (Å²) in [5.41, 5.74) is 6.84. The van der Waals surface area contributed by atoms with Gasteiger partial charge in [-0.25, -0.2) is 0 Å². The Kier molecular flexibility index (Phi) is 4.42. The third-order valence-electron chi connectivity index (χ3n) is 3.08. The molecule has 2 rings (SSSR count). The third-order valence-corrected chi connectivity index (χ3v) is 3.08. The second kappa shape index (κ2) is 6.25. The predicted molar refractivity (Wildman–Crippen MR) is 74.8 cm³/mol. The number of nitrogens with two attached hydrogens (primary N) is 1. The lowest BCUT2D eigenvalue weighted by molar-refractivity contribution is -0.147. The van der Waals surface area contributed by atoms with Gasteiger partial charge in [0.05, 0.1) is 7.11 Å². The maximum absolute atomic E-state index is 12.1. The van der Waals surface area contributed by atoms with E-state index in [1.165, 1.54) is 7.11 Å². The van der Waals surface area contributed by atoms with E-state index in [9.17, 15) is 4.79 Å². The summed E-state index contributed by atoms with van der Waals surface area (Å²) < 4.78 is 4.85. The molecule has 0 bridgehead atoms. The SMILES string of the molecule is COC(=O)C(N)(Cc1ccncc1)Cc1ccccn1.